The van der Waals surface area contributed by atoms with E-state index in [1.807, 2.05) is 32.0 Å². The van der Waals surface area contributed by atoms with Gasteiger partial charge in [0.15, 0.2) is 0 Å². The number of amides is 1. The summed E-state index contributed by atoms with van der Waals surface area (Å²) in [6, 6.07) is 5.62. The Balaban J connectivity index is 2.16. The van der Waals surface area contributed by atoms with E-state index in [0.29, 0.717) is 6.42 Å². The number of ether oxygens (including phenoxy) is 1. The molecule has 0 aliphatic heterocycles. The van der Waals surface area contributed by atoms with E-state index in [2.05, 4.69) is 12.2 Å². The number of carbonyl (C=O) groups excluding carboxylic acids is 1. The molecule has 0 aliphatic carbocycles. The van der Waals surface area contributed by atoms with Crippen LogP contribution in [0.5, 0.6) is 5.75 Å². The fraction of sp³-hybridized carbons (Fsp3) is 0.438. The van der Waals surface area contributed by atoms with Crippen LogP contribution in [0.15, 0.2) is 28.9 Å². The number of carbonyl (C=O) groups is 1. The van der Waals surface area contributed by atoms with Crippen molar-refractivity contribution in [2.75, 3.05) is 7.11 Å². The number of nitrogens with one attached hydrogen (secondary N) is 1. The first-order valence-corrected chi connectivity index (χ1v) is 6.80. The van der Waals surface area contributed by atoms with Crippen molar-refractivity contribution >= 4 is 16.9 Å². The zero-order chi connectivity index (χ0) is 14.8. The lowest BCUT2D eigenvalue weighted by molar-refractivity contribution is -0.122. The number of benzene rings is 1. The minimum atomic E-state index is -0.181. The molecule has 0 saturated heterocycles. The molecular weight excluding hydrogens is 254 g/mol. The van der Waals surface area contributed by atoms with Crippen molar-refractivity contribution in [2.24, 2.45) is 0 Å². The maximum atomic E-state index is 12.1. The first-order chi connectivity index (χ1) is 9.45. The quantitative estimate of drug-likeness (QED) is 0.911. The third-order valence-corrected chi connectivity index (χ3v) is 3.58. The van der Waals surface area contributed by atoms with Gasteiger partial charge in [0.2, 0.25) is 5.91 Å². The zero-order valence-electron chi connectivity index (χ0n) is 12.4. The summed E-state index contributed by atoms with van der Waals surface area (Å²) in [7, 11) is 1.62. The molecule has 4 heteroatoms. The largest absolute Gasteiger partial charge is 0.497 e. The standard InChI is InChI=1S/C16H21NO3/c1-5-16(2,3)17-15(18)8-11-10-20-14-9-12(19-4)6-7-13(11)14/h6-7,9-10H,5,8H2,1-4H3,(H,17,18). The Kier molecular flexibility index (Phi) is 4.02. The normalized spacial score (nSPS) is 11.6. The fourth-order valence-corrected chi connectivity index (χ4v) is 2.01. The van der Waals surface area contributed by atoms with Crippen LogP contribution in [0.3, 0.4) is 0 Å². The Morgan fingerprint density at radius 3 is 2.80 bits per heavy atom. The number of furan rings is 1. The molecule has 0 atom stereocenters. The molecule has 2 aromatic rings. The van der Waals surface area contributed by atoms with Crippen LogP contribution in [0.4, 0.5) is 0 Å². The predicted octanol–water partition coefficient (Wildman–Crippen LogP) is 3.29. The minimum absolute atomic E-state index is 0.00960. The van der Waals surface area contributed by atoms with Gasteiger partial charge in [-0.3, -0.25) is 4.79 Å². The molecule has 4 nitrogen and oxygen atoms in total. The van der Waals surface area contributed by atoms with E-state index in [1.54, 1.807) is 13.4 Å². The smallest absolute Gasteiger partial charge is 0.224 e. The Bertz CT molecular complexity index is 613. The number of methoxy groups -OCH3 is 1. The minimum Gasteiger partial charge on any atom is -0.497 e. The lowest BCUT2D eigenvalue weighted by Gasteiger charge is -2.24. The van der Waals surface area contributed by atoms with Crippen molar-refractivity contribution in [1.29, 1.82) is 0 Å². The molecule has 0 bridgehead atoms. The molecule has 0 fully saturated rings. The molecule has 0 saturated carbocycles. The molecule has 2 rings (SSSR count). The van der Waals surface area contributed by atoms with E-state index in [0.717, 1.165) is 28.7 Å². The van der Waals surface area contributed by atoms with E-state index >= 15 is 0 Å². The highest BCUT2D eigenvalue weighted by molar-refractivity contribution is 5.88. The number of hydrogen-bond donors (Lipinski definition) is 1. The summed E-state index contributed by atoms with van der Waals surface area (Å²) < 4.78 is 10.6. The predicted molar refractivity (Wildman–Crippen MR) is 79.0 cm³/mol. The average molecular weight is 275 g/mol. The lowest BCUT2D eigenvalue weighted by atomic mass is 10.0. The van der Waals surface area contributed by atoms with Gasteiger partial charge in [-0.15, -0.1) is 0 Å². The van der Waals surface area contributed by atoms with Gasteiger partial charge >= 0.3 is 0 Å². The average Bonchev–Trinajstić information content (AvgIpc) is 2.80. The molecule has 1 N–H and O–H groups in total. The first kappa shape index (κ1) is 14.4. The monoisotopic (exact) mass is 275 g/mol. The lowest BCUT2D eigenvalue weighted by Crippen LogP contribution is -2.43. The van der Waals surface area contributed by atoms with Crippen molar-refractivity contribution in [3.05, 3.63) is 30.0 Å². The highest BCUT2D eigenvalue weighted by Gasteiger charge is 2.19. The number of hydrogen-bond acceptors (Lipinski definition) is 3. The third kappa shape index (κ3) is 3.13. The van der Waals surface area contributed by atoms with Crippen molar-refractivity contribution < 1.29 is 13.9 Å². The van der Waals surface area contributed by atoms with Gasteiger partial charge in [-0.05, 0) is 32.4 Å². The molecule has 0 radical (unpaired) electrons. The summed E-state index contributed by atoms with van der Waals surface area (Å²) in [5, 5.41) is 3.98. The van der Waals surface area contributed by atoms with Crippen LogP contribution in [0.1, 0.15) is 32.8 Å². The Hall–Kier alpha value is -1.97. The summed E-state index contributed by atoms with van der Waals surface area (Å²) in [5.74, 6) is 0.755. The number of rotatable bonds is 5. The van der Waals surface area contributed by atoms with Crippen LogP contribution in [-0.4, -0.2) is 18.6 Å². The highest BCUT2D eigenvalue weighted by Crippen LogP contribution is 2.26. The number of fused-ring (bicyclic) bond motifs is 1. The van der Waals surface area contributed by atoms with Crippen molar-refractivity contribution in [3.63, 3.8) is 0 Å². The van der Waals surface area contributed by atoms with Crippen LogP contribution >= 0.6 is 0 Å². The maximum Gasteiger partial charge on any atom is 0.224 e. The van der Waals surface area contributed by atoms with Gasteiger partial charge in [-0.25, -0.2) is 0 Å². The van der Waals surface area contributed by atoms with Gasteiger partial charge in [-0.2, -0.15) is 0 Å². The van der Waals surface area contributed by atoms with Crippen LogP contribution in [-0.2, 0) is 11.2 Å². The first-order valence-electron chi connectivity index (χ1n) is 6.80. The Morgan fingerprint density at radius 1 is 1.40 bits per heavy atom. The molecule has 0 spiro atoms. The second-order valence-electron chi connectivity index (χ2n) is 5.59. The molecule has 20 heavy (non-hydrogen) atoms. The second kappa shape index (κ2) is 5.57. The Labute approximate surface area is 119 Å². The third-order valence-electron chi connectivity index (χ3n) is 3.58. The van der Waals surface area contributed by atoms with Gasteiger partial charge < -0.3 is 14.5 Å². The molecule has 0 aliphatic rings. The zero-order valence-corrected chi connectivity index (χ0v) is 12.4. The second-order valence-corrected chi connectivity index (χ2v) is 5.59. The fourth-order valence-electron chi connectivity index (χ4n) is 2.01. The summed E-state index contributed by atoms with van der Waals surface area (Å²) >= 11 is 0. The van der Waals surface area contributed by atoms with E-state index in [4.69, 9.17) is 9.15 Å². The highest BCUT2D eigenvalue weighted by atomic mass is 16.5. The van der Waals surface area contributed by atoms with Crippen molar-refractivity contribution in [3.8, 4) is 5.75 Å². The summed E-state index contributed by atoms with van der Waals surface area (Å²) in [6.07, 6.45) is 2.85. The summed E-state index contributed by atoms with van der Waals surface area (Å²) in [4.78, 5) is 12.1. The Morgan fingerprint density at radius 2 is 2.15 bits per heavy atom. The molecule has 0 unspecified atom stereocenters. The summed E-state index contributed by atoms with van der Waals surface area (Å²) in [6.45, 7) is 6.09. The summed E-state index contributed by atoms with van der Waals surface area (Å²) in [5.41, 5.74) is 1.45. The van der Waals surface area contributed by atoms with Gasteiger partial charge in [0.25, 0.3) is 0 Å². The molecule has 1 aromatic heterocycles. The van der Waals surface area contributed by atoms with E-state index in [-0.39, 0.29) is 11.4 Å². The van der Waals surface area contributed by atoms with Gasteiger partial charge in [-0.1, -0.05) is 6.92 Å². The van der Waals surface area contributed by atoms with Crippen LogP contribution in [0.2, 0.25) is 0 Å². The van der Waals surface area contributed by atoms with Crippen LogP contribution in [0, 0.1) is 0 Å². The van der Waals surface area contributed by atoms with Crippen LogP contribution in [0.25, 0.3) is 11.0 Å². The van der Waals surface area contributed by atoms with Crippen molar-refractivity contribution in [2.45, 2.75) is 39.2 Å². The topological polar surface area (TPSA) is 51.5 Å². The molecular formula is C16H21NO3. The van der Waals surface area contributed by atoms with E-state index in [9.17, 15) is 4.79 Å². The molecule has 1 aromatic carbocycles. The van der Waals surface area contributed by atoms with Gasteiger partial charge in [0, 0.05) is 22.6 Å². The molecule has 1 heterocycles. The SMILES string of the molecule is CCC(C)(C)NC(=O)Cc1coc2cc(OC)ccc12. The van der Waals surface area contributed by atoms with E-state index < -0.39 is 0 Å². The van der Waals surface area contributed by atoms with Crippen molar-refractivity contribution in [1.82, 2.24) is 5.32 Å². The van der Waals surface area contributed by atoms with Gasteiger partial charge in [0.1, 0.15) is 11.3 Å². The molecule has 1 amide bonds. The van der Waals surface area contributed by atoms with Crippen LogP contribution < -0.4 is 10.1 Å². The van der Waals surface area contributed by atoms with Gasteiger partial charge in [0.05, 0.1) is 19.8 Å². The maximum absolute atomic E-state index is 12.1. The van der Waals surface area contributed by atoms with E-state index in [1.165, 1.54) is 0 Å². The molecule has 108 valence electrons.